The monoisotopic (exact) mass is 218 g/mol. The van der Waals surface area contributed by atoms with Crippen LogP contribution in [0.4, 0.5) is 0 Å². The zero-order valence-corrected chi connectivity index (χ0v) is 9.84. The first-order valence-electron chi connectivity index (χ1n) is 4.53. The first-order valence-corrected chi connectivity index (χ1v) is 5.75. The van der Waals surface area contributed by atoms with Gasteiger partial charge in [-0.15, -0.1) is 16.9 Å². The molecule has 0 atom stereocenters. The molecule has 78 valence electrons. The zero-order chi connectivity index (χ0) is 11.3. The van der Waals surface area contributed by atoms with Crippen molar-refractivity contribution in [3.63, 3.8) is 0 Å². The first-order chi connectivity index (χ1) is 7.19. The molecule has 0 spiro atoms. The molecule has 0 aliphatic heterocycles. The summed E-state index contributed by atoms with van der Waals surface area (Å²) in [7, 11) is 0. The van der Waals surface area contributed by atoms with E-state index in [0.717, 1.165) is 21.7 Å². The van der Waals surface area contributed by atoms with Gasteiger partial charge in [-0.25, -0.2) is 0 Å². The third-order valence-corrected chi connectivity index (χ3v) is 2.68. The number of hydrogen-bond donors (Lipinski definition) is 0. The molecule has 0 amide bonds. The van der Waals surface area contributed by atoms with Crippen LogP contribution in [-0.2, 0) is 0 Å². The number of hydrogen-bond acceptors (Lipinski definition) is 3. The van der Waals surface area contributed by atoms with Crippen molar-refractivity contribution in [2.45, 2.75) is 6.92 Å². The largest absolute Gasteiger partial charge is 0.166 e. The molecule has 2 nitrogen and oxygen atoms in total. The SMILES string of the molecule is C=N/N=C(\SC)c1ccc(C(=C)C)cc1. The summed E-state index contributed by atoms with van der Waals surface area (Å²) in [4.78, 5) is 0. The average molecular weight is 218 g/mol. The molecule has 0 bridgehead atoms. The Morgan fingerprint density at radius 1 is 1.20 bits per heavy atom. The van der Waals surface area contributed by atoms with Gasteiger partial charge < -0.3 is 0 Å². The van der Waals surface area contributed by atoms with Gasteiger partial charge in [-0.2, -0.15) is 5.10 Å². The Hall–Kier alpha value is -1.35. The van der Waals surface area contributed by atoms with E-state index in [1.807, 2.05) is 37.4 Å². The van der Waals surface area contributed by atoms with Gasteiger partial charge in [-0.1, -0.05) is 36.4 Å². The molecular formula is C12H14N2S. The van der Waals surface area contributed by atoms with Gasteiger partial charge >= 0.3 is 0 Å². The molecule has 0 aromatic heterocycles. The van der Waals surface area contributed by atoms with Crippen molar-refractivity contribution >= 4 is 29.1 Å². The molecule has 0 saturated carbocycles. The quantitative estimate of drug-likeness (QED) is 0.433. The van der Waals surface area contributed by atoms with E-state index in [4.69, 9.17) is 0 Å². The fourth-order valence-corrected chi connectivity index (χ4v) is 1.69. The molecule has 1 aromatic carbocycles. The maximum Gasteiger partial charge on any atom is 0.126 e. The molecule has 0 N–H and O–H groups in total. The Kier molecular flexibility index (Phi) is 4.31. The van der Waals surface area contributed by atoms with Crippen LogP contribution in [0.2, 0.25) is 0 Å². The number of rotatable bonds is 3. The van der Waals surface area contributed by atoms with Crippen LogP contribution in [0.1, 0.15) is 18.1 Å². The standard InChI is InChI=1S/C12H14N2S/c1-9(2)10-5-7-11(8-6-10)12(15-4)14-13-3/h5-8H,1,3H2,2,4H3/b14-12-. The number of benzene rings is 1. The van der Waals surface area contributed by atoms with Crippen molar-refractivity contribution in [3.8, 4) is 0 Å². The van der Waals surface area contributed by atoms with Crippen molar-refractivity contribution in [1.29, 1.82) is 0 Å². The fourth-order valence-electron chi connectivity index (χ4n) is 1.18. The summed E-state index contributed by atoms with van der Waals surface area (Å²) in [6.45, 7) is 9.24. The lowest BCUT2D eigenvalue weighted by Gasteiger charge is -2.03. The van der Waals surface area contributed by atoms with E-state index in [0.29, 0.717) is 0 Å². The number of allylic oxidation sites excluding steroid dienone is 1. The van der Waals surface area contributed by atoms with Gasteiger partial charge in [0.2, 0.25) is 0 Å². The van der Waals surface area contributed by atoms with Crippen molar-refractivity contribution in [2.75, 3.05) is 6.26 Å². The molecule has 0 unspecified atom stereocenters. The highest BCUT2D eigenvalue weighted by atomic mass is 32.2. The Balaban J connectivity index is 3.02. The van der Waals surface area contributed by atoms with Gasteiger partial charge in [-0.3, -0.25) is 0 Å². The van der Waals surface area contributed by atoms with Crippen LogP contribution in [0.5, 0.6) is 0 Å². The fraction of sp³-hybridized carbons (Fsp3) is 0.167. The van der Waals surface area contributed by atoms with Crippen LogP contribution in [0, 0.1) is 0 Å². The minimum absolute atomic E-state index is 0.873. The predicted octanol–water partition coefficient (Wildman–Crippen LogP) is 3.44. The molecule has 1 aromatic rings. The van der Waals surface area contributed by atoms with E-state index in [1.165, 1.54) is 0 Å². The molecule has 0 aliphatic rings. The van der Waals surface area contributed by atoms with Crippen LogP contribution in [0.3, 0.4) is 0 Å². The van der Waals surface area contributed by atoms with Crippen LogP contribution in [-0.4, -0.2) is 18.0 Å². The molecule has 1 rings (SSSR count). The molecule has 0 fully saturated rings. The molecule has 0 saturated heterocycles. The summed E-state index contributed by atoms with van der Waals surface area (Å²) in [6, 6.07) is 8.11. The van der Waals surface area contributed by atoms with Crippen LogP contribution in [0.15, 0.2) is 41.0 Å². The van der Waals surface area contributed by atoms with Crippen molar-refractivity contribution in [2.24, 2.45) is 10.2 Å². The van der Waals surface area contributed by atoms with Gasteiger partial charge in [0, 0.05) is 12.3 Å². The second-order valence-corrected chi connectivity index (χ2v) is 3.90. The number of thioether (sulfide) groups is 1. The predicted molar refractivity (Wildman–Crippen MR) is 70.8 cm³/mol. The van der Waals surface area contributed by atoms with E-state index in [2.05, 4.69) is 23.5 Å². The topological polar surface area (TPSA) is 24.7 Å². The molecule has 3 heteroatoms. The maximum absolute atomic E-state index is 3.96. The van der Waals surface area contributed by atoms with Crippen LogP contribution in [0.25, 0.3) is 5.57 Å². The summed E-state index contributed by atoms with van der Waals surface area (Å²) in [5.74, 6) is 0. The highest BCUT2D eigenvalue weighted by Crippen LogP contribution is 2.16. The lowest BCUT2D eigenvalue weighted by molar-refractivity contribution is 1.27. The van der Waals surface area contributed by atoms with Gasteiger partial charge in [0.25, 0.3) is 0 Å². The average Bonchev–Trinajstić information content (AvgIpc) is 2.26. The van der Waals surface area contributed by atoms with Crippen molar-refractivity contribution in [3.05, 3.63) is 42.0 Å². The summed E-state index contributed by atoms with van der Waals surface area (Å²) in [5.41, 5.74) is 3.26. The van der Waals surface area contributed by atoms with E-state index in [9.17, 15) is 0 Å². The summed E-state index contributed by atoms with van der Waals surface area (Å²) < 4.78 is 0. The smallest absolute Gasteiger partial charge is 0.126 e. The van der Waals surface area contributed by atoms with Crippen molar-refractivity contribution < 1.29 is 0 Å². The normalized spacial score (nSPS) is 11.2. The van der Waals surface area contributed by atoms with Gasteiger partial charge in [-0.05, 0) is 18.7 Å². The first kappa shape index (κ1) is 11.7. The van der Waals surface area contributed by atoms with Crippen LogP contribution >= 0.6 is 11.8 Å². The van der Waals surface area contributed by atoms with E-state index < -0.39 is 0 Å². The van der Waals surface area contributed by atoms with Gasteiger partial charge in [0.05, 0.1) is 0 Å². The summed E-state index contributed by atoms with van der Waals surface area (Å²) in [6.07, 6.45) is 1.97. The second-order valence-electron chi connectivity index (χ2n) is 3.11. The lowest BCUT2D eigenvalue weighted by atomic mass is 10.1. The second kappa shape index (κ2) is 5.51. The Morgan fingerprint density at radius 3 is 2.13 bits per heavy atom. The Labute approximate surface area is 94.8 Å². The van der Waals surface area contributed by atoms with E-state index in [-0.39, 0.29) is 0 Å². The van der Waals surface area contributed by atoms with E-state index >= 15 is 0 Å². The number of nitrogens with zero attached hydrogens (tertiary/aromatic N) is 2. The summed E-state index contributed by atoms with van der Waals surface area (Å²) >= 11 is 1.56. The lowest BCUT2D eigenvalue weighted by Crippen LogP contribution is -1.93. The van der Waals surface area contributed by atoms with Gasteiger partial charge in [0.1, 0.15) is 5.04 Å². The minimum Gasteiger partial charge on any atom is -0.166 e. The Bertz CT molecular complexity index is 391. The minimum atomic E-state index is 0.873. The zero-order valence-electron chi connectivity index (χ0n) is 9.03. The molecule has 0 aliphatic carbocycles. The molecule has 0 heterocycles. The van der Waals surface area contributed by atoms with Crippen LogP contribution < -0.4 is 0 Å². The molecular weight excluding hydrogens is 204 g/mol. The molecule has 0 radical (unpaired) electrons. The third kappa shape index (κ3) is 3.06. The third-order valence-electron chi connectivity index (χ3n) is 1.98. The van der Waals surface area contributed by atoms with Crippen molar-refractivity contribution in [1.82, 2.24) is 0 Å². The Morgan fingerprint density at radius 2 is 1.73 bits per heavy atom. The summed E-state index contributed by atoms with van der Waals surface area (Å²) in [5, 5.41) is 8.37. The molecule has 15 heavy (non-hydrogen) atoms. The maximum atomic E-state index is 3.96. The van der Waals surface area contributed by atoms with E-state index in [1.54, 1.807) is 11.8 Å². The van der Waals surface area contributed by atoms with Gasteiger partial charge in [0.15, 0.2) is 0 Å². The highest BCUT2D eigenvalue weighted by molar-refractivity contribution is 8.13. The highest BCUT2D eigenvalue weighted by Gasteiger charge is 2.01.